The molecule has 0 bridgehead atoms. The van der Waals surface area contributed by atoms with E-state index in [2.05, 4.69) is 50.1 Å². The highest BCUT2D eigenvalue weighted by Crippen LogP contribution is 2.26. The van der Waals surface area contributed by atoms with Crippen molar-refractivity contribution in [1.82, 2.24) is 0 Å². The van der Waals surface area contributed by atoms with Crippen molar-refractivity contribution in [3.63, 3.8) is 0 Å². The SMILES string of the molecule is Clc1ccc(CC(CBr)Cc2ccccc2Br)cc1Cl. The molecule has 2 aromatic rings. The molecule has 0 saturated carbocycles. The van der Waals surface area contributed by atoms with Gasteiger partial charge in [0.1, 0.15) is 0 Å². The topological polar surface area (TPSA) is 0 Å². The van der Waals surface area contributed by atoms with Crippen LogP contribution in [-0.2, 0) is 12.8 Å². The molecule has 0 aliphatic heterocycles. The molecule has 4 heteroatoms. The van der Waals surface area contributed by atoms with E-state index in [4.69, 9.17) is 23.2 Å². The Balaban J connectivity index is 2.09. The van der Waals surface area contributed by atoms with Crippen LogP contribution >= 0.6 is 55.1 Å². The predicted octanol–water partition coefficient (Wildman–Crippen LogP) is 6.55. The molecule has 106 valence electrons. The van der Waals surface area contributed by atoms with Crippen LogP contribution < -0.4 is 0 Å². The number of hydrogen-bond donors (Lipinski definition) is 0. The van der Waals surface area contributed by atoms with Crippen LogP contribution in [0.15, 0.2) is 46.9 Å². The quantitative estimate of drug-likeness (QED) is 0.466. The van der Waals surface area contributed by atoms with Gasteiger partial charge in [-0.2, -0.15) is 0 Å². The van der Waals surface area contributed by atoms with Gasteiger partial charge in [0.05, 0.1) is 10.0 Å². The van der Waals surface area contributed by atoms with Gasteiger partial charge in [0.2, 0.25) is 0 Å². The molecular formula is C16H14Br2Cl2. The van der Waals surface area contributed by atoms with Crippen molar-refractivity contribution in [3.8, 4) is 0 Å². The van der Waals surface area contributed by atoms with Gasteiger partial charge in [0.25, 0.3) is 0 Å². The lowest BCUT2D eigenvalue weighted by Gasteiger charge is -2.15. The Morgan fingerprint density at radius 1 is 0.950 bits per heavy atom. The highest BCUT2D eigenvalue weighted by atomic mass is 79.9. The highest BCUT2D eigenvalue weighted by Gasteiger charge is 2.12. The Morgan fingerprint density at radius 3 is 2.35 bits per heavy atom. The summed E-state index contributed by atoms with van der Waals surface area (Å²) in [6.45, 7) is 0. The summed E-state index contributed by atoms with van der Waals surface area (Å²) in [5.74, 6) is 0.519. The van der Waals surface area contributed by atoms with Crippen molar-refractivity contribution in [1.29, 1.82) is 0 Å². The zero-order chi connectivity index (χ0) is 14.5. The summed E-state index contributed by atoms with van der Waals surface area (Å²) >= 11 is 19.2. The fraction of sp³-hybridized carbons (Fsp3) is 0.250. The van der Waals surface area contributed by atoms with Crippen molar-refractivity contribution in [2.75, 3.05) is 5.33 Å². The first-order valence-electron chi connectivity index (χ1n) is 6.33. The van der Waals surface area contributed by atoms with E-state index in [0.29, 0.717) is 16.0 Å². The summed E-state index contributed by atoms with van der Waals surface area (Å²) < 4.78 is 1.17. The van der Waals surface area contributed by atoms with Crippen LogP contribution in [0.1, 0.15) is 11.1 Å². The van der Waals surface area contributed by atoms with Gasteiger partial charge in [-0.15, -0.1) is 0 Å². The van der Waals surface area contributed by atoms with E-state index in [1.54, 1.807) is 0 Å². The van der Waals surface area contributed by atoms with Crippen LogP contribution in [0.4, 0.5) is 0 Å². The third-order valence-electron chi connectivity index (χ3n) is 3.19. The molecule has 2 rings (SSSR count). The Kier molecular flexibility index (Phi) is 6.41. The molecule has 0 aliphatic carbocycles. The van der Waals surface area contributed by atoms with Gasteiger partial charge in [0, 0.05) is 9.80 Å². The molecule has 0 nitrogen and oxygen atoms in total. The Morgan fingerprint density at radius 2 is 1.70 bits per heavy atom. The lowest BCUT2D eigenvalue weighted by Crippen LogP contribution is -2.10. The Hall–Kier alpha value is -0.0200. The molecular weight excluding hydrogens is 423 g/mol. The number of hydrogen-bond acceptors (Lipinski definition) is 0. The normalized spacial score (nSPS) is 12.4. The number of halogens is 4. The predicted molar refractivity (Wildman–Crippen MR) is 95.3 cm³/mol. The standard InChI is InChI=1S/C16H14Br2Cl2/c17-10-12(8-13-3-1-2-4-14(13)18)7-11-5-6-15(19)16(20)9-11/h1-6,9,12H,7-8,10H2. The van der Waals surface area contributed by atoms with E-state index >= 15 is 0 Å². The average Bonchev–Trinajstić information content (AvgIpc) is 2.44. The minimum absolute atomic E-state index is 0.519. The average molecular weight is 437 g/mol. The molecule has 0 N–H and O–H groups in total. The monoisotopic (exact) mass is 434 g/mol. The van der Waals surface area contributed by atoms with Gasteiger partial charge in [-0.1, -0.05) is 79.3 Å². The number of alkyl halides is 1. The zero-order valence-electron chi connectivity index (χ0n) is 10.8. The molecule has 0 amide bonds. The fourth-order valence-electron chi connectivity index (χ4n) is 2.16. The summed E-state index contributed by atoms with van der Waals surface area (Å²) in [4.78, 5) is 0. The van der Waals surface area contributed by atoms with E-state index in [1.807, 2.05) is 24.3 Å². The van der Waals surface area contributed by atoms with Gasteiger partial charge in [-0.25, -0.2) is 0 Å². The third-order valence-corrected chi connectivity index (χ3v) is 5.62. The minimum atomic E-state index is 0.519. The van der Waals surface area contributed by atoms with Crippen molar-refractivity contribution in [3.05, 3.63) is 68.1 Å². The lowest BCUT2D eigenvalue weighted by atomic mass is 9.94. The Bertz CT molecular complexity index is 584. The van der Waals surface area contributed by atoms with Gasteiger partial charge in [-0.3, -0.25) is 0 Å². The maximum absolute atomic E-state index is 6.07. The molecule has 1 atom stereocenters. The summed E-state index contributed by atoms with van der Waals surface area (Å²) in [7, 11) is 0. The highest BCUT2D eigenvalue weighted by molar-refractivity contribution is 9.10. The lowest BCUT2D eigenvalue weighted by molar-refractivity contribution is 0.590. The van der Waals surface area contributed by atoms with Crippen molar-refractivity contribution >= 4 is 55.1 Å². The van der Waals surface area contributed by atoms with E-state index in [0.717, 1.165) is 18.2 Å². The van der Waals surface area contributed by atoms with E-state index in [9.17, 15) is 0 Å². The first-order chi connectivity index (χ1) is 9.60. The van der Waals surface area contributed by atoms with E-state index < -0.39 is 0 Å². The van der Waals surface area contributed by atoms with Gasteiger partial charge in [-0.05, 0) is 48.1 Å². The molecule has 0 radical (unpaired) electrons. The van der Waals surface area contributed by atoms with Crippen LogP contribution in [0, 0.1) is 5.92 Å². The fourth-order valence-corrected chi connectivity index (χ4v) is 3.38. The molecule has 0 aromatic heterocycles. The van der Waals surface area contributed by atoms with Crippen LogP contribution in [-0.4, -0.2) is 5.33 Å². The third kappa shape index (κ3) is 4.49. The number of benzene rings is 2. The molecule has 0 saturated heterocycles. The van der Waals surface area contributed by atoms with Crippen LogP contribution in [0.25, 0.3) is 0 Å². The van der Waals surface area contributed by atoms with E-state index in [1.165, 1.54) is 15.6 Å². The molecule has 0 heterocycles. The molecule has 20 heavy (non-hydrogen) atoms. The second-order valence-electron chi connectivity index (χ2n) is 4.77. The Labute approximate surface area is 146 Å². The molecule has 0 spiro atoms. The van der Waals surface area contributed by atoms with Crippen LogP contribution in [0.3, 0.4) is 0 Å². The van der Waals surface area contributed by atoms with Gasteiger partial charge < -0.3 is 0 Å². The molecule has 2 aromatic carbocycles. The van der Waals surface area contributed by atoms with Crippen LogP contribution in [0.5, 0.6) is 0 Å². The van der Waals surface area contributed by atoms with Crippen molar-refractivity contribution in [2.45, 2.75) is 12.8 Å². The summed E-state index contributed by atoms with van der Waals surface area (Å²) in [5, 5.41) is 2.18. The van der Waals surface area contributed by atoms with Crippen molar-refractivity contribution < 1.29 is 0 Å². The molecule has 0 aliphatic rings. The van der Waals surface area contributed by atoms with E-state index in [-0.39, 0.29) is 0 Å². The first kappa shape index (κ1) is 16.4. The second kappa shape index (κ2) is 7.84. The maximum atomic E-state index is 6.07. The largest absolute Gasteiger partial charge is 0.0925 e. The molecule has 1 unspecified atom stereocenters. The second-order valence-corrected chi connectivity index (χ2v) is 7.08. The van der Waals surface area contributed by atoms with Gasteiger partial charge in [0.15, 0.2) is 0 Å². The maximum Gasteiger partial charge on any atom is 0.0595 e. The number of rotatable bonds is 5. The smallest absolute Gasteiger partial charge is 0.0595 e. The van der Waals surface area contributed by atoms with Crippen LogP contribution in [0.2, 0.25) is 10.0 Å². The minimum Gasteiger partial charge on any atom is -0.0925 e. The summed E-state index contributed by atoms with van der Waals surface area (Å²) in [6.07, 6.45) is 2.00. The first-order valence-corrected chi connectivity index (χ1v) is 9.00. The molecule has 0 fully saturated rings. The zero-order valence-corrected chi connectivity index (χ0v) is 15.4. The van der Waals surface area contributed by atoms with Gasteiger partial charge >= 0.3 is 0 Å². The van der Waals surface area contributed by atoms with Crippen molar-refractivity contribution in [2.24, 2.45) is 5.92 Å². The summed E-state index contributed by atoms with van der Waals surface area (Å²) in [6, 6.07) is 14.2. The summed E-state index contributed by atoms with van der Waals surface area (Å²) in [5.41, 5.74) is 2.55.